The van der Waals surface area contributed by atoms with Gasteiger partial charge in [0.05, 0.1) is 35.2 Å². The van der Waals surface area contributed by atoms with Crippen molar-refractivity contribution in [2.45, 2.75) is 26.4 Å². The van der Waals surface area contributed by atoms with E-state index in [1.165, 1.54) is 0 Å². The molecule has 0 bridgehead atoms. The molecular weight excluding hydrogens is 658 g/mol. The second-order valence-corrected chi connectivity index (χ2v) is 11.7. The lowest BCUT2D eigenvalue weighted by Crippen LogP contribution is -2.25. The van der Waals surface area contributed by atoms with Gasteiger partial charge in [0.1, 0.15) is 0 Å². The zero-order valence-corrected chi connectivity index (χ0v) is 27.1. The zero-order chi connectivity index (χ0) is 31.8. The number of halogens is 4. The molecule has 0 aliphatic carbocycles. The lowest BCUT2D eigenvalue weighted by Gasteiger charge is -2.06. The number of H-pyrrole nitrogens is 1. The summed E-state index contributed by atoms with van der Waals surface area (Å²) in [5, 5.41) is 10.9. The third-order valence-corrected chi connectivity index (χ3v) is 8.02. The van der Waals surface area contributed by atoms with Crippen molar-refractivity contribution in [3.05, 3.63) is 159 Å². The number of nitrogens with one attached hydrogen (secondary N) is 2. The molecule has 2 heterocycles. The van der Waals surface area contributed by atoms with Crippen LogP contribution < -0.4 is 11.4 Å². The first-order valence-electron chi connectivity index (χ1n) is 14.0. The number of anilines is 1. The fourth-order valence-corrected chi connectivity index (χ4v) is 5.26. The minimum Gasteiger partial charge on any atom is -0.369 e. The van der Waals surface area contributed by atoms with Crippen LogP contribution in [-0.4, -0.2) is 19.1 Å². The second-order valence-electron chi connectivity index (χ2n) is 10.1. The van der Waals surface area contributed by atoms with Gasteiger partial charge in [-0.1, -0.05) is 103 Å². The molecule has 236 valence electrons. The molecule has 6 nitrogen and oxygen atoms in total. The number of nitrogens with two attached hydrogens (primary N) is 1. The Hall–Kier alpha value is -4.20. The highest BCUT2D eigenvalue weighted by Crippen LogP contribution is 2.18. The fourth-order valence-electron chi connectivity index (χ4n) is 4.71. The molecule has 0 aliphatic rings. The van der Waals surface area contributed by atoms with Gasteiger partial charge in [-0.15, -0.1) is 11.6 Å². The maximum atomic E-state index is 8.73. The molecule has 0 aliphatic heterocycles. The van der Waals surface area contributed by atoms with Gasteiger partial charge >= 0.3 is 0 Å². The smallest absolute Gasteiger partial charge is 0.203 e. The second kappa shape index (κ2) is 16.4. The summed E-state index contributed by atoms with van der Waals surface area (Å²) in [5.74, 6) is 1.03. The van der Waals surface area contributed by atoms with Crippen LogP contribution in [0.15, 0.2) is 121 Å². The van der Waals surface area contributed by atoms with E-state index in [0.717, 1.165) is 53.8 Å². The van der Waals surface area contributed by atoms with Gasteiger partial charge in [0, 0.05) is 20.9 Å². The van der Waals surface area contributed by atoms with Gasteiger partial charge in [-0.3, -0.25) is 5.41 Å². The Morgan fingerprint density at radius 1 is 0.609 bits per heavy atom. The van der Waals surface area contributed by atoms with Crippen molar-refractivity contribution in [3.63, 3.8) is 0 Å². The van der Waals surface area contributed by atoms with E-state index in [0.29, 0.717) is 30.5 Å². The molecular formula is C36H34Cl4N6. The van der Waals surface area contributed by atoms with Crippen LogP contribution in [0.5, 0.6) is 0 Å². The van der Waals surface area contributed by atoms with E-state index in [2.05, 4.69) is 22.1 Å². The number of fused-ring (bicyclic) bond motifs is 2. The number of rotatable bonds is 5. The molecule has 0 atom stereocenters. The maximum Gasteiger partial charge on any atom is 0.203 e. The molecule has 0 unspecified atom stereocenters. The van der Waals surface area contributed by atoms with E-state index >= 15 is 0 Å². The Morgan fingerprint density at radius 3 is 1.46 bits per heavy atom. The molecule has 0 spiro atoms. The first kappa shape index (κ1) is 34.7. The third kappa shape index (κ3) is 8.95. The molecule has 10 heteroatoms. The number of hydrogen-bond acceptors (Lipinski definition) is 3. The monoisotopic (exact) mass is 690 g/mol. The van der Waals surface area contributed by atoms with E-state index in [-0.39, 0.29) is 7.43 Å². The average Bonchev–Trinajstić information content (AvgIpc) is 3.56. The summed E-state index contributed by atoms with van der Waals surface area (Å²) in [6.07, 6.45) is 0. The first-order valence-corrected chi connectivity index (χ1v) is 15.7. The van der Waals surface area contributed by atoms with Crippen LogP contribution in [0.1, 0.15) is 24.1 Å². The van der Waals surface area contributed by atoms with Crippen LogP contribution in [0, 0.1) is 5.41 Å². The van der Waals surface area contributed by atoms with E-state index < -0.39 is 0 Å². The lowest BCUT2D eigenvalue weighted by molar-refractivity contribution is 0.664. The number of nitrogen functional groups attached to an aromatic ring is 1. The number of hydrogen-bond donors (Lipinski definition) is 3. The molecule has 4 N–H and O–H groups in total. The standard InChI is InChI=1S/C21H17Cl2N3.C7H6Cl2.C7H7N3.CH4/c22-17-9-5-15(6-10-17)13-25-19-3-1-2-4-20(19)26(21(25)24)14-16-7-11-18(23)12-8-16;8-5-6-1-3-7(9)4-2-6;8-7-9-5-3-1-2-4-6(5)10-7;/h1-12,24H,13-14H2;1-4H,5H2;1-4H,(H3,8,9,10);1H4. The summed E-state index contributed by atoms with van der Waals surface area (Å²) in [6, 6.07) is 38.9. The van der Waals surface area contributed by atoms with Crippen LogP contribution in [0.4, 0.5) is 5.95 Å². The fraction of sp³-hybridized carbons (Fsp3) is 0.111. The molecule has 7 aromatic rings. The summed E-state index contributed by atoms with van der Waals surface area (Å²) in [5.41, 5.74) is 13.2. The molecule has 0 saturated carbocycles. The van der Waals surface area contributed by atoms with Crippen molar-refractivity contribution in [1.82, 2.24) is 19.1 Å². The van der Waals surface area contributed by atoms with Gasteiger partial charge in [0.2, 0.25) is 5.62 Å². The summed E-state index contributed by atoms with van der Waals surface area (Å²) in [4.78, 5) is 6.96. The van der Waals surface area contributed by atoms with Gasteiger partial charge in [-0.05, 0) is 77.4 Å². The number of benzene rings is 5. The summed E-state index contributed by atoms with van der Waals surface area (Å²) >= 11 is 23.1. The predicted octanol–water partition coefficient (Wildman–Crippen LogP) is 10.2. The molecule has 46 heavy (non-hydrogen) atoms. The SMILES string of the molecule is C.ClCc1ccc(Cl)cc1.N=c1n(Cc2ccc(Cl)cc2)c2ccccc2n1Cc1ccc(Cl)cc1.Nc1nc2ccccc2[nH]1. The van der Waals surface area contributed by atoms with Gasteiger partial charge in [-0.25, -0.2) is 4.98 Å². The predicted molar refractivity (Wildman–Crippen MR) is 195 cm³/mol. The molecule has 5 aromatic carbocycles. The minimum atomic E-state index is 0. The van der Waals surface area contributed by atoms with Gasteiger partial charge < -0.3 is 19.9 Å². The highest BCUT2D eigenvalue weighted by Gasteiger charge is 2.11. The summed E-state index contributed by atoms with van der Waals surface area (Å²) < 4.78 is 4.04. The van der Waals surface area contributed by atoms with Crippen molar-refractivity contribution in [2.24, 2.45) is 0 Å². The van der Waals surface area contributed by atoms with Crippen LogP contribution in [0.25, 0.3) is 22.1 Å². The topological polar surface area (TPSA) is 88.4 Å². The third-order valence-electron chi connectivity index (χ3n) is 6.96. The Bertz CT molecular complexity index is 1920. The molecule has 0 radical (unpaired) electrons. The lowest BCUT2D eigenvalue weighted by atomic mass is 10.2. The number of nitrogens with zero attached hydrogens (tertiary/aromatic N) is 3. The Labute approximate surface area is 288 Å². The molecule has 2 aromatic heterocycles. The summed E-state index contributed by atoms with van der Waals surface area (Å²) in [7, 11) is 0. The van der Waals surface area contributed by atoms with Crippen molar-refractivity contribution in [1.29, 1.82) is 5.41 Å². The molecule has 7 rings (SSSR count). The first-order chi connectivity index (χ1) is 21.8. The van der Waals surface area contributed by atoms with E-state index in [1.54, 1.807) is 0 Å². The molecule has 0 saturated heterocycles. The average molecular weight is 693 g/mol. The van der Waals surface area contributed by atoms with Crippen molar-refractivity contribution in [2.75, 3.05) is 5.73 Å². The van der Waals surface area contributed by atoms with Crippen molar-refractivity contribution >= 4 is 74.4 Å². The van der Waals surface area contributed by atoms with Crippen LogP contribution >= 0.6 is 46.4 Å². The molecule has 0 fully saturated rings. The number of aromatic amines is 1. The normalized spacial score (nSPS) is 10.4. The number of alkyl halides is 1. The van der Waals surface area contributed by atoms with Gasteiger partial charge in [0.25, 0.3) is 0 Å². The number of imidazole rings is 2. The maximum absolute atomic E-state index is 8.73. The van der Waals surface area contributed by atoms with Crippen LogP contribution in [0.2, 0.25) is 15.1 Å². The highest BCUT2D eigenvalue weighted by atomic mass is 35.5. The zero-order valence-electron chi connectivity index (χ0n) is 24.1. The van der Waals surface area contributed by atoms with Crippen molar-refractivity contribution in [3.8, 4) is 0 Å². The van der Waals surface area contributed by atoms with Gasteiger partial charge in [-0.2, -0.15) is 0 Å². The van der Waals surface area contributed by atoms with Crippen LogP contribution in [0.3, 0.4) is 0 Å². The number of aromatic nitrogens is 4. The van der Waals surface area contributed by atoms with Crippen molar-refractivity contribution < 1.29 is 0 Å². The molecule has 0 amide bonds. The Balaban J connectivity index is 0.000000196. The summed E-state index contributed by atoms with van der Waals surface area (Å²) in [6.45, 7) is 1.26. The van der Waals surface area contributed by atoms with E-state index in [1.807, 2.05) is 118 Å². The number of para-hydroxylation sites is 4. The van der Waals surface area contributed by atoms with Gasteiger partial charge in [0.15, 0.2) is 5.95 Å². The quantitative estimate of drug-likeness (QED) is 0.157. The Kier molecular flexibility index (Phi) is 12.4. The van der Waals surface area contributed by atoms with E-state index in [9.17, 15) is 0 Å². The highest BCUT2D eigenvalue weighted by molar-refractivity contribution is 6.31. The Morgan fingerprint density at radius 2 is 1.02 bits per heavy atom. The minimum absolute atomic E-state index is 0. The van der Waals surface area contributed by atoms with E-state index in [4.69, 9.17) is 57.5 Å². The largest absolute Gasteiger partial charge is 0.369 e. The van der Waals surface area contributed by atoms with Crippen LogP contribution in [-0.2, 0) is 19.0 Å².